The first kappa shape index (κ1) is 21.3. The van der Waals surface area contributed by atoms with E-state index in [1.807, 2.05) is 24.3 Å². The molecule has 0 atom stereocenters. The predicted molar refractivity (Wildman–Crippen MR) is 125 cm³/mol. The van der Waals surface area contributed by atoms with Crippen molar-refractivity contribution in [3.8, 4) is 11.1 Å². The van der Waals surface area contributed by atoms with Gasteiger partial charge in [0.2, 0.25) is 5.27 Å². The number of anilines is 1. The summed E-state index contributed by atoms with van der Waals surface area (Å²) in [4.78, 5) is 22.1. The number of aromatic nitrogens is 3. The van der Waals surface area contributed by atoms with Crippen LogP contribution in [0, 0.1) is 6.92 Å². The first-order chi connectivity index (χ1) is 15.9. The molecule has 0 radical (unpaired) electrons. The van der Waals surface area contributed by atoms with Gasteiger partial charge >= 0.3 is 5.88 Å². The van der Waals surface area contributed by atoms with E-state index in [9.17, 15) is 9.90 Å². The number of fused-ring (bicyclic) bond motifs is 1. The molecule has 1 aliphatic carbocycles. The van der Waals surface area contributed by atoms with Gasteiger partial charge in [-0.3, -0.25) is 9.32 Å². The maximum absolute atomic E-state index is 13.0. The van der Waals surface area contributed by atoms with Crippen molar-refractivity contribution in [2.75, 3.05) is 5.73 Å². The number of thiophene rings is 1. The molecule has 4 aromatic rings. The summed E-state index contributed by atoms with van der Waals surface area (Å²) in [5, 5.41) is 17.5. The number of aliphatic imine (C=N–C) groups is 1. The molecule has 5 rings (SSSR count). The highest BCUT2D eigenvalue weighted by Crippen LogP contribution is 2.42. The van der Waals surface area contributed by atoms with E-state index >= 15 is 0 Å². The van der Waals surface area contributed by atoms with E-state index in [4.69, 9.17) is 10.3 Å². The van der Waals surface area contributed by atoms with Gasteiger partial charge in [-0.1, -0.05) is 31.2 Å². The Balaban J connectivity index is 1.68. The number of carbonyl (C=O) groups excluding carboxylic acids is 1. The zero-order valence-corrected chi connectivity index (χ0v) is 19.4. The maximum Gasteiger partial charge on any atom is 0.320 e. The van der Waals surface area contributed by atoms with Crippen molar-refractivity contribution in [3.05, 3.63) is 52.2 Å². The Morgan fingerprint density at radius 3 is 2.70 bits per heavy atom. The number of Topliss-reactive ketones (excluding diaryl/α,β-unsaturated/α-hetero) is 1. The molecular weight excluding hydrogens is 438 g/mol. The highest BCUT2D eigenvalue weighted by Gasteiger charge is 2.35. The van der Waals surface area contributed by atoms with Crippen molar-refractivity contribution in [1.82, 2.24) is 10.3 Å². The van der Waals surface area contributed by atoms with Gasteiger partial charge in [-0.2, -0.15) is 0 Å². The molecule has 0 saturated heterocycles. The van der Waals surface area contributed by atoms with Crippen LogP contribution in [0.4, 0.5) is 11.6 Å². The van der Waals surface area contributed by atoms with Gasteiger partial charge in [0.1, 0.15) is 4.83 Å². The van der Waals surface area contributed by atoms with Crippen LogP contribution in [-0.2, 0) is 6.42 Å². The molecule has 0 spiro atoms. The first-order valence-electron chi connectivity index (χ1n) is 10.8. The fraction of sp³-hybridized carbons (Fsp3) is 0.292. The normalized spacial score (nSPS) is 14.2. The van der Waals surface area contributed by atoms with Crippen LogP contribution in [0.5, 0.6) is 0 Å². The summed E-state index contributed by atoms with van der Waals surface area (Å²) in [5.41, 5.74) is 10.6. The van der Waals surface area contributed by atoms with E-state index in [2.05, 4.69) is 22.2 Å². The molecular formula is C24H23N5O3S. The molecule has 0 aliphatic heterocycles. The van der Waals surface area contributed by atoms with Gasteiger partial charge in [0.25, 0.3) is 6.20 Å². The summed E-state index contributed by atoms with van der Waals surface area (Å²) >= 11 is 1.17. The molecule has 1 aromatic carbocycles. The molecule has 0 amide bonds. The molecule has 0 bridgehead atoms. The van der Waals surface area contributed by atoms with Gasteiger partial charge in [-0.15, -0.1) is 11.3 Å². The van der Waals surface area contributed by atoms with Crippen molar-refractivity contribution in [2.24, 2.45) is 4.99 Å². The number of nitrogen functional groups attached to an aromatic ring is 1. The number of nitrogens with two attached hydrogens (primary N) is 1. The monoisotopic (exact) mass is 461 g/mol. The second kappa shape index (κ2) is 8.08. The molecule has 8 nitrogen and oxygen atoms in total. The number of rotatable bonds is 6. The topological polar surface area (TPSA) is 121 Å². The molecule has 1 fully saturated rings. The molecule has 33 heavy (non-hydrogen) atoms. The smallest absolute Gasteiger partial charge is 0.320 e. The average molecular weight is 462 g/mol. The Kier molecular flexibility index (Phi) is 5.20. The van der Waals surface area contributed by atoms with Crippen molar-refractivity contribution in [3.63, 3.8) is 0 Å². The third-order valence-electron chi connectivity index (χ3n) is 5.86. The third-order valence-corrected chi connectivity index (χ3v) is 6.95. The average Bonchev–Trinajstić information content (AvgIpc) is 3.46. The minimum Gasteiger partial charge on any atom is -0.857 e. The molecule has 3 heterocycles. The molecule has 2 N–H and O–H groups in total. The number of carbonyl (C=O) groups is 1. The molecule has 1 saturated carbocycles. The van der Waals surface area contributed by atoms with Crippen LogP contribution in [0.15, 0.2) is 40.0 Å². The number of ketones is 1. The lowest BCUT2D eigenvalue weighted by molar-refractivity contribution is -0.765. The lowest BCUT2D eigenvalue weighted by Crippen LogP contribution is -2.32. The number of aryl methyl sites for hydroxylation is 2. The van der Waals surface area contributed by atoms with Crippen LogP contribution in [0.2, 0.25) is 0 Å². The molecule has 168 valence electrons. The zero-order chi connectivity index (χ0) is 23.3. The van der Waals surface area contributed by atoms with Crippen molar-refractivity contribution < 1.29 is 19.1 Å². The summed E-state index contributed by atoms with van der Waals surface area (Å²) < 4.78 is 6.87. The largest absolute Gasteiger partial charge is 0.857 e. The Bertz CT molecular complexity index is 1410. The number of pyridine rings is 1. The van der Waals surface area contributed by atoms with Crippen LogP contribution in [0.3, 0.4) is 0 Å². The van der Waals surface area contributed by atoms with Gasteiger partial charge < -0.3 is 10.8 Å². The lowest BCUT2D eigenvalue weighted by atomic mass is 9.92. The summed E-state index contributed by atoms with van der Waals surface area (Å²) in [6, 6.07) is 8.34. The predicted octanol–water partition coefficient (Wildman–Crippen LogP) is 3.67. The van der Waals surface area contributed by atoms with Crippen LogP contribution in [-0.4, -0.2) is 21.9 Å². The first-order valence-corrected chi connectivity index (χ1v) is 11.7. The van der Waals surface area contributed by atoms with E-state index in [1.54, 1.807) is 17.8 Å². The van der Waals surface area contributed by atoms with Gasteiger partial charge in [-0.05, 0) is 36.1 Å². The fourth-order valence-electron chi connectivity index (χ4n) is 4.01. The summed E-state index contributed by atoms with van der Waals surface area (Å²) in [7, 11) is 0. The minimum absolute atomic E-state index is 0.106. The number of hydrogen-bond acceptors (Lipinski definition) is 8. The SMILES string of the molecule is CCc1ccc(-c2c(C(C)=O)c(C)nc3sc(/C([O-])=N/c4c[n+](C5CC5)no4)c(N)c23)cc1. The van der Waals surface area contributed by atoms with Crippen molar-refractivity contribution in [1.29, 1.82) is 0 Å². The summed E-state index contributed by atoms with van der Waals surface area (Å²) in [6.45, 7) is 5.40. The second-order valence-electron chi connectivity index (χ2n) is 8.25. The number of hydrogen-bond donors (Lipinski definition) is 1. The van der Waals surface area contributed by atoms with Crippen LogP contribution >= 0.6 is 11.3 Å². The van der Waals surface area contributed by atoms with E-state index in [0.717, 1.165) is 24.8 Å². The Morgan fingerprint density at radius 1 is 1.33 bits per heavy atom. The molecule has 1 aliphatic rings. The van der Waals surface area contributed by atoms with Crippen molar-refractivity contribution in [2.45, 2.75) is 46.1 Å². The molecule has 9 heteroatoms. The van der Waals surface area contributed by atoms with E-state index in [1.165, 1.54) is 23.8 Å². The van der Waals surface area contributed by atoms with Crippen molar-refractivity contribution >= 4 is 44.8 Å². The number of nitrogens with zero attached hydrogens (tertiary/aromatic N) is 4. The summed E-state index contributed by atoms with van der Waals surface area (Å²) in [6.07, 6.45) is 4.61. The van der Waals surface area contributed by atoms with E-state index < -0.39 is 5.90 Å². The highest BCUT2D eigenvalue weighted by atomic mass is 32.1. The van der Waals surface area contributed by atoms with E-state index in [-0.39, 0.29) is 22.2 Å². The van der Waals surface area contributed by atoms with Gasteiger partial charge in [0.15, 0.2) is 11.8 Å². The van der Waals surface area contributed by atoms with Crippen LogP contribution in [0.25, 0.3) is 21.3 Å². The Morgan fingerprint density at radius 2 is 2.06 bits per heavy atom. The fourth-order valence-corrected chi connectivity index (χ4v) is 5.05. The molecule has 3 aromatic heterocycles. The van der Waals surface area contributed by atoms with Crippen LogP contribution in [0.1, 0.15) is 59.2 Å². The van der Waals surface area contributed by atoms with E-state index in [0.29, 0.717) is 33.1 Å². The third kappa shape index (κ3) is 3.78. The highest BCUT2D eigenvalue weighted by molar-refractivity contribution is 7.21. The van der Waals surface area contributed by atoms with Gasteiger partial charge in [0, 0.05) is 35.3 Å². The maximum atomic E-state index is 13.0. The zero-order valence-electron chi connectivity index (χ0n) is 18.6. The lowest BCUT2D eigenvalue weighted by Gasteiger charge is -2.13. The Hall–Kier alpha value is -3.59. The summed E-state index contributed by atoms with van der Waals surface area (Å²) in [5.74, 6) is -0.498. The standard InChI is InChI=1S/C24H23N5O3S/c1-4-14-5-7-15(8-6-14)19-18(13(3)30)12(2)26-24-20(19)21(25)22(33-24)23(31)27-17-11-29(28-32-17)16-9-10-16/h5-8,11,16H,4,9-10H2,1-3H3,(H2-,25,27,28,31). The quantitative estimate of drug-likeness (QED) is 0.202. The minimum atomic E-state index is -0.524. The number of benzene rings is 1. The Labute approximate surface area is 194 Å². The second-order valence-corrected chi connectivity index (χ2v) is 9.25. The van der Waals surface area contributed by atoms with Crippen LogP contribution < -0.4 is 15.5 Å². The van der Waals surface area contributed by atoms with Gasteiger partial charge in [-0.25, -0.2) is 9.98 Å². The molecule has 0 unspecified atom stereocenters. The van der Waals surface area contributed by atoms with Gasteiger partial charge in [0.05, 0.1) is 16.3 Å².